The van der Waals surface area contributed by atoms with Crippen LogP contribution < -0.4 is 5.32 Å². The number of likely N-dealkylation sites (N-methyl/N-ethyl adjacent to an activating group) is 1. The molecule has 1 heterocycles. The summed E-state index contributed by atoms with van der Waals surface area (Å²) in [4.78, 5) is 0. The van der Waals surface area contributed by atoms with Gasteiger partial charge in [-0.05, 0) is 34.2 Å². The molecule has 0 radical (unpaired) electrons. The summed E-state index contributed by atoms with van der Waals surface area (Å²) in [6, 6.07) is 0.232. The smallest absolute Gasteiger partial charge is 0.0666 e. The molecule has 0 saturated heterocycles. The average Bonchev–Trinajstić information content (AvgIpc) is 2.49. The van der Waals surface area contributed by atoms with Crippen molar-refractivity contribution < 1.29 is 4.74 Å². The van der Waals surface area contributed by atoms with Crippen LogP contribution in [0.2, 0.25) is 0 Å². The van der Waals surface area contributed by atoms with Crippen LogP contribution in [-0.2, 0) is 11.8 Å². The van der Waals surface area contributed by atoms with Gasteiger partial charge in [0.05, 0.1) is 24.4 Å². The van der Waals surface area contributed by atoms with E-state index in [1.165, 1.54) is 11.3 Å². The van der Waals surface area contributed by atoms with Crippen LogP contribution in [0.3, 0.4) is 0 Å². The third-order valence-corrected chi connectivity index (χ3v) is 2.96. The van der Waals surface area contributed by atoms with Gasteiger partial charge in [-0.3, -0.25) is 4.68 Å². The van der Waals surface area contributed by atoms with Gasteiger partial charge in [0.1, 0.15) is 0 Å². The van der Waals surface area contributed by atoms with Crippen LogP contribution in [0.1, 0.15) is 43.8 Å². The van der Waals surface area contributed by atoms with Gasteiger partial charge in [-0.1, -0.05) is 6.92 Å². The fourth-order valence-electron chi connectivity index (χ4n) is 2.07. The van der Waals surface area contributed by atoms with Gasteiger partial charge in [-0.15, -0.1) is 0 Å². The molecular formula is C13H25N3O. The van der Waals surface area contributed by atoms with Gasteiger partial charge in [0, 0.05) is 18.3 Å². The number of nitrogens with one attached hydrogen (secondary N) is 1. The monoisotopic (exact) mass is 239 g/mol. The van der Waals surface area contributed by atoms with Crippen molar-refractivity contribution in [3.8, 4) is 0 Å². The second-order valence-corrected chi connectivity index (χ2v) is 4.70. The van der Waals surface area contributed by atoms with Crippen LogP contribution in [0.15, 0.2) is 0 Å². The highest BCUT2D eigenvalue weighted by atomic mass is 16.5. The number of rotatable bonds is 6. The van der Waals surface area contributed by atoms with E-state index in [0.717, 1.165) is 12.2 Å². The minimum Gasteiger partial charge on any atom is -0.377 e. The molecule has 1 aromatic heterocycles. The largest absolute Gasteiger partial charge is 0.377 e. The summed E-state index contributed by atoms with van der Waals surface area (Å²) in [7, 11) is 1.98. The summed E-state index contributed by atoms with van der Waals surface area (Å²) in [6.07, 6.45) is 0.258. The van der Waals surface area contributed by atoms with Crippen molar-refractivity contribution >= 4 is 0 Å². The lowest BCUT2D eigenvalue weighted by Crippen LogP contribution is -2.27. The van der Waals surface area contributed by atoms with Gasteiger partial charge >= 0.3 is 0 Å². The molecule has 0 aliphatic rings. The van der Waals surface area contributed by atoms with E-state index in [2.05, 4.69) is 45.0 Å². The van der Waals surface area contributed by atoms with Crippen molar-refractivity contribution in [2.24, 2.45) is 7.05 Å². The molecule has 0 spiro atoms. The highest BCUT2D eigenvalue weighted by Gasteiger charge is 2.19. The summed E-state index contributed by atoms with van der Waals surface area (Å²) in [5, 5.41) is 7.93. The number of aryl methyl sites for hydroxylation is 2. The maximum absolute atomic E-state index is 5.73. The van der Waals surface area contributed by atoms with E-state index in [1.54, 1.807) is 0 Å². The van der Waals surface area contributed by atoms with Crippen molar-refractivity contribution in [2.45, 2.75) is 46.8 Å². The molecule has 4 nitrogen and oxygen atoms in total. The molecule has 0 aliphatic carbocycles. The Morgan fingerprint density at radius 3 is 2.41 bits per heavy atom. The normalized spacial score (nSPS) is 13.4. The second kappa shape index (κ2) is 6.17. The van der Waals surface area contributed by atoms with E-state index < -0.39 is 0 Å². The standard InChI is InChI=1S/C13H25N3O/c1-7-14-12(8-17-9(2)3)13-10(4)15-16(6)11(13)5/h9,12,14H,7-8H2,1-6H3. The molecule has 0 saturated carbocycles. The molecule has 4 heteroatoms. The Bertz CT molecular complexity index is 358. The lowest BCUT2D eigenvalue weighted by Gasteiger charge is -2.20. The van der Waals surface area contributed by atoms with E-state index in [-0.39, 0.29) is 12.1 Å². The quantitative estimate of drug-likeness (QED) is 0.826. The first-order valence-corrected chi connectivity index (χ1v) is 6.32. The Hall–Kier alpha value is -0.870. The Balaban J connectivity index is 2.88. The van der Waals surface area contributed by atoms with Crippen molar-refractivity contribution in [1.82, 2.24) is 15.1 Å². The minimum absolute atomic E-state index is 0.232. The number of nitrogens with zero attached hydrogens (tertiary/aromatic N) is 2. The Morgan fingerprint density at radius 2 is 2.00 bits per heavy atom. The van der Waals surface area contributed by atoms with Crippen LogP contribution in [0.4, 0.5) is 0 Å². The van der Waals surface area contributed by atoms with Crippen LogP contribution in [0, 0.1) is 13.8 Å². The van der Waals surface area contributed by atoms with E-state index in [4.69, 9.17) is 4.74 Å². The SMILES string of the molecule is CCNC(COC(C)C)c1c(C)nn(C)c1C. The number of aromatic nitrogens is 2. The van der Waals surface area contributed by atoms with Crippen LogP contribution >= 0.6 is 0 Å². The average molecular weight is 239 g/mol. The van der Waals surface area contributed by atoms with Crippen LogP contribution in [-0.4, -0.2) is 29.0 Å². The first kappa shape index (κ1) is 14.2. The zero-order valence-electron chi connectivity index (χ0n) is 11.9. The van der Waals surface area contributed by atoms with Gasteiger partial charge in [0.2, 0.25) is 0 Å². The van der Waals surface area contributed by atoms with E-state index >= 15 is 0 Å². The summed E-state index contributed by atoms with van der Waals surface area (Å²) in [6.45, 7) is 12.0. The Kier molecular flexibility index (Phi) is 5.15. The topological polar surface area (TPSA) is 39.1 Å². The summed E-state index contributed by atoms with van der Waals surface area (Å²) in [5.74, 6) is 0. The molecule has 1 rings (SSSR count). The van der Waals surface area contributed by atoms with Crippen molar-refractivity contribution in [3.05, 3.63) is 17.0 Å². The number of hydrogen-bond donors (Lipinski definition) is 1. The van der Waals surface area contributed by atoms with E-state index in [9.17, 15) is 0 Å². The zero-order chi connectivity index (χ0) is 13.0. The lowest BCUT2D eigenvalue weighted by molar-refractivity contribution is 0.0612. The first-order valence-electron chi connectivity index (χ1n) is 6.32. The molecule has 0 amide bonds. The Labute approximate surface area is 104 Å². The molecular weight excluding hydrogens is 214 g/mol. The van der Waals surface area contributed by atoms with Crippen LogP contribution in [0.25, 0.3) is 0 Å². The van der Waals surface area contributed by atoms with E-state index in [1.807, 2.05) is 11.7 Å². The Morgan fingerprint density at radius 1 is 1.35 bits per heavy atom. The number of hydrogen-bond acceptors (Lipinski definition) is 3. The predicted molar refractivity (Wildman–Crippen MR) is 70.2 cm³/mol. The van der Waals surface area contributed by atoms with Gasteiger partial charge in [0.15, 0.2) is 0 Å². The van der Waals surface area contributed by atoms with Crippen molar-refractivity contribution in [3.63, 3.8) is 0 Å². The highest BCUT2D eigenvalue weighted by molar-refractivity contribution is 5.28. The van der Waals surface area contributed by atoms with Crippen molar-refractivity contribution in [1.29, 1.82) is 0 Å². The van der Waals surface area contributed by atoms with Gasteiger partial charge < -0.3 is 10.1 Å². The second-order valence-electron chi connectivity index (χ2n) is 4.70. The minimum atomic E-state index is 0.232. The number of ether oxygens (including phenoxy) is 1. The van der Waals surface area contributed by atoms with Gasteiger partial charge in [-0.25, -0.2) is 0 Å². The van der Waals surface area contributed by atoms with Crippen LogP contribution in [0.5, 0.6) is 0 Å². The molecule has 0 bridgehead atoms. The molecule has 98 valence electrons. The highest BCUT2D eigenvalue weighted by Crippen LogP contribution is 2.21. The summed E-state index contributed by atoms with van der Waals surface area (Å²) >= 11 is 0. The molecule has 0 aromatic carbocycles. The molecule has 0 fully saturated rings. The molecule has 0 aliphatic heterocycles. The fourth-order valence-corrected chi connectivity index (χ4v) is 2.07. The maximum Gasteiger partial charge on any atom is 0.0666 e. The van der Waals surface area contributed by atoms with Gasteiger partial charge in [0.25, 0.3) is 0 Å². The third-order valence-electron chi connectivity index (χ3n) is 2.96. The molecule has 1 atom stereocenters. The van der Waals surface area contributed by atoms with E-state index in [0.29, 0.717) is 6.61 Å². The van der Waals surface area contributed by atoms with Gasteiger partial charge in [-0.2, -0.15) is 5.10 Å². The fraction of sp³-hybridized carbons (Fsp3) is 0.769. The van der Waals surface area contributed by atoms with Crippen molar-refractivity contribution in [2.75, 3.05) is 13.2 Å². The summed E-state index contributed by atoms with van der Waals surface area (Å²) < 4.78 is 7.67. The lowest BCUT2D eigenvalue weighted by atomic mass is 10.1. The third kappa shape index (κ3) is 3.54. The predicted octanol–water partition coefficient (Wildman–Crippen LogP) is 2.11. The molecule has 17 heavy (non-hydrogen) atoms. The molecule has 1 aromatic rings. The molecule has 1 unspecified atom stereocenters. The molecule has 1 N–H and O–H groups in total. The zero-order valence-corrected chi connectivity index (χ0v) is 11.9. The maximum atomic E-state index is 5.73. The summed E-state index contributed by atoms with van der Waals surface area (Å²) in [5.41, 5.74) is 3.57. The first-order chi connectivity index (χ1) is 7.97.